The maximum atomic E-state index is 13.1. The van der Waals surface area contributed by atoms with Crippen LogP contribution in [0.3, 0.4) is 0 Å². The molecule has 1 heterocycles. The van der Waals surface area contributed by atoms with E-state index in [2.05, 4.69) is 20.6 Å². The number of nitrogens with two attached hydrogens (primary N) is 2. The number of esters is 2. The molecule has 1 rings (SSSR count). The highest BCUT2D eigenvalue weighted by Gasteiger charge is 2.31. The fraction of sp³-hybridized carbons (Fsp3) is 0.720. The Bertz CT molecular complexity index is 843. The van der Waals surface area contributed by atoms with Crippen LogP contribution in [0.15, 0.2) is 6.33 Å². The van der Waals surface area contributed by atoms with Crippen LogP contribution < -0.4 is 22.1 Å². The van der Waals surface area contributed by atoms with Crippen molar-refractivity contribution in [1.29, 1.82) is 0 Å². The second-order valence-corrected chi connectivity index (χ2v) is 10.8. The van der Waals surface area contributed by atoms with Gasteiger partial charge in [-0.2, -0.15) is 0 Å². The van der Waals surface area contributed by atoms with Crippen molar-refractivity contribution >= 4 is 48.6 Å². The van der Waals surface area contributed by atoms with E-state index in [1.54, 1.807) is 41.5 Å². The molecule has 0 spiro atoms. The van der Waals surface area contributed by atoms with E-state index in [-0.39, 0.29) is 36.2 Å². The second kappa shape index (κ2) is 18.0. The van der Waals surface area contributed by atoms with E-state index < -0.39 is 47.0 Å². The van der Waals surface area contributed by atoms with Gasteiger partial charge in [-0.05, 0) is 93.2 Å². The molecule has 0 saturated heterocycles. The number of nitrogens with zero attached hydrogens (tertiary/aromatic N) is 1. The number of hydrogen-bond donors (Lipinski definition) is 5. The molecule has 0 aliphatic carbocycles. The fourth-order valence-corrected chi connectivity index (χ4v) is 3.33. The van der Waals surface area contributed by atoms with E-state index in [0.29, 0.717) is 51.6 Å². The maximum absolute atomic E-state index is 13.1. The van der Waals surface area contributed by atoms with Crippen LogP contribution in [0.2, 0.25) is 0 Å². The standard InChI is InChI=1S/C25H44N6O6.2ClH/c1-24(2,3)36-22(34)16(11-7-9-13-26)30-20(32)18-19(29-15-28-18)21(33)31-17(12-8-10-14-27)23(35)37-25(4,5)6;;/h15-17H,7-14,26-27H2,1-6H3,(H,28,29)(H,30,32)(H,31,33);2*1H/t16-,17-;;/m0../s1. The summed E-state index contributed by atoms with van der Waals surface area (Å²) in [4.78, 5) is 58.1. The highest BCUT2D eigenvalue weighted by Crippen LogP contribution is 2.14. The zero-order valence-corrected chi connectivity index (χ0v) is 25.4. The van der Waals surface area contributed by atoms with Gasteiger partial charge in [-0.25, -0.2) is 14.6 Å². The third-order valence-electron chi connectivity index (χ3n) is 4.97. The quantitative estimate of drug-likeness (QED) is 0.158. The van der Waals surface area contributed by atoms with Gasteiger partial charge in [0, 0.05) is 0 Å². The zero-order chi connectivity index (χ0) is 28.2. The minimum atomic E-state index is -0.948. The molecule has 2 atom stereocenters. The molecular formula is C25H46Cl2N6O6. The molecule has 0 radical (unpaired) electrons. The van der Waals surface area contributed by atoms with Crippen molar-refractivity contribution in [3.05, 3.63) is 17.7 Å². The van der Waals surface area contributed by atoms with E-state index in [0.717, 1.165) is 0 Å². The van der Waals surface area contributed by atoms with Crippen LogP contribution in [0.25, 0.3) is 0 Å². The van der Waals surface area contributed by atoms with Gasteiger partial charge in [0.1, 0.15) is 29.0 Å². The van der Waals surface area contributed by atoms with Crippen LogP contribution in [0.4, 0.5) is 0 Å². The van der Waals surface area contributed by atoms with Crippen molar-refractivity contribution in [1.82, 2.24) is 20.6 Å². The number of carbonyl (C=O) groups is 4. The van der Waals surface area contributed by atoms with Gasteiger partial charge in [-0.1, -0.05) is 0 Å². The number of nitrogens with one attached hydrogen (secondary N) is 3. The number of aromatic nitrogens is 2. The topological polar surface area (TPSA) is 192 Å². The van der Waals surface area contributed by atoms with Crippen molar-refractivity contribution in [3.8, 4) is 0 Å². The average molecular weight is 598 g/mol. The average Bonchev–Trinajstić information content (AvgIpc) is 3.25. The molecule has 0 aromatic carbocycles. The lowest BCUT2D eigenvalue weighted by Crippen LogP contribution is -2.46. The first-order valence-corrected chi connectivity index (χ1v) is 12.7. The Balaban J connectivity index is 0. The number of rotatable bonds is 14. The largest absolute Gasteiger partial charge is 0.458 e. The second-order valence-electron chi connectivity index (χ2n) is 10.8. The Hall–Kier alpha value is -2.41. The van der Waals surface area contributed by atoms with Gasteiger partial charge in [0.05, 0.1) is 6.33 Å². The van der Waals surface area contributed by atoms with Crippen LogP contribution in [0.5, 0.6) is 0 Å². The van der Waals surface area contributed by atoms with Gasteiger partial charge in [-0.3, -0.25) is 9.59 Å². The molecule has 226 valence electrons. The predicted octanol–water partition coefficient (Wildman–Crippen LogP) is 2.39. The van der Waals surface area contributed by atoms with E-state index in [1.807, 2.05) is 0 Å². The first-order chi connectivity index (χ1) is 17.2. The smallest absolute Gasteiger partial charge is 0.329 e. The first-order valence-electron chi connectivity index (χ1n) is 12.7. The molecule has 0 aliphatic heterocycles. The minimum absolute atomic E-state index is 0. The van der Waals surface area contributed by atoms with E-state index in [9.17, 15) is 19.2 Å². The summed E-state index contributed by atoms with van der Waals surface area (Å²) in [5.74, 6) is -2.62. The highest BCUT2D eigenvalue weighted by atomic mass is 35.5. The van der Waals surface area contributed by atoms with Crippen LogP contribution in [-0.4, -0.2) is 70.1 Å². The van der Waals surface area contributed by atoms with Crippen molar-refractivity contribution in [2.24, 2.45) is 11.5 Å². The summed E-state index contributed by atoms with van der Waals surface area (Å²) in [6.07, 6.45) is 4.34. The molecule has 7 N–H and O–H groups in total. The molecule has 1 aromatic rings. The first kappa shape index (κ1) is 38.7. The molecule has 39 heavy (non-hydrogen) atoms. The summed E-state index contributed by atoms with van der Waals surface area (Å²) in [6.45, 7) is 11.3. The molecule has 2 amide bonds. The molecule has 0 unspecified atom stereocenters. The van der Waals surface area contributed by atoms with Gasteiger partial charge in [0.25, 0.3) is 11.8 Å². The van der Waals surface area contributed by atoms with E-state index in [4.69, 9.17) is 20.9 Å². The Morgan fingerprint density at radius 2 is 1.21 bits per heavy atom. The number of amides is 2. The Morgan fingerprint density at radius 1 is 0.795 bits per heavy atom. The Morgan fingerprint density at radius 3 is 1.59 bits per heavy atom. The van der Waals surface area contributed by atoms with Gasteiger partial charge in [0.2, 0.25) is 0 Å². The van der Waals surface area contributed by atoms with Crippen molar-refractivity contribution in [2.45, 2.75) is 103 Å². The monoisotopic (exact) mass is 596 g/mol. The maximum Gasteiger partial charge on any atom is 0.329 e. The molecule has 0 aliphatic rings. The normalized spacial score (nSPS) is 12.7. The summed E-state index contributed by atoms with van der Waals surface area (Å²) in [7, 11) is 0. The fourth-order valence-electron chi connectivity index (χ4n) is 3.33. The van der Waals surface area contributed by atoms with Crippen molar-refractivity contribution in [3.63, 3.8) is 0 Å². The van der Waals surface area contributed by atoms with Gasteiger partial charge in [0.15, 0.2) is 5.69 Å². The molecule has 14 heteroatoms. The summed E-state index contributed by atoms with van der Waals surface area (Å²) in [6, 6.07) is -1.89. The number of halogens is 2. The third kappa shape index (κ3) is 15.1. The zero-order valence-electron chi connectivity index (χ0n) is 23.8. The molecule has 0 bridgehead atoms. The summed E-state index contributed by atoms with van der Waals surface area (Å²) in [5, 5.41) is 5.26. The minimum Gasteiger partial charge on any atom is -0.458 e. The summed E-state index contributed by atoms with van der Waals surface area (Å²) >= 11 is 0. The number of unbranched alkanes of at least 4 members (excludes halogenated alkanes) is 2. The van der Waals surface area contributed by atoms with Gasteiger partial charge < -0.3 is 36.6 Å². The van der Waals surface area contributed by atoms with Gasteiger partial charge >= 0.3 is 11.9 Å². The van der Waals surface area contributed by atoms with Crippen LogP contribution in [-0.2, 0) is 19.1 Å². The number of ether oxygens (including phenoxy) is 2. The lowest BCUT2D eigenvalue weighted by Gasteiger charge is -2.25. The lowest BCUT2D eigenvalue weighted by molar-refractivity contribution is -0.158. The summed E-state index contributed by atoms with van der Waals surface area (Å²) < 4.78 is 10.9. The number of hydrogen-bond acceptors (Lipinski definition) is 9. The molecule has 12 nitrogen and oxygen atoms in total. The van der Waals surface area contributed by atoms with Crippen molar-refractivity contribution in [2.75, 3.05) is 13.1 Å². The van der Waals surface area contributed by atoms with E-state index in [1.165, 1.54) is 6.33 Å². The van der Waals surface area contributed by atoms with Crippen LogP contribution in [0.1, 0.15) is 101 Å². The number of imidazole rings is 1. The molecule has 0 fully saturated rings. The van der Waals surface area contributed by atoms with Crippen molar-refractivity contribution < 1.29 is 28.7 Å². The van der Waals surface area contributed by atoms with Crippen LogP contribution in [0, 0.1) is 0 Å². The molecule has 0 saturated carbocycles. The Labute approximate surface area is 243 Å². The number of aromatic amines is 1. The lowest BCUT2D eigenvalue weighted by atomic mass is 10.1. The Kier molecular flexibility index (Phi) is 17.9. The van der Waals surface area contributed by atoms with Crippen LogP contribution >= 0.6 is 24.8 Å². The molecular weight excluding hydrogens is 551 g/mol. The number of carbonyl (C=O) groups excluding carboxylic acids is 4. The van der Waals surface area contributed by atoms with Gasteiger partial charge in [-0.15, -0.1) is 24.8 Å². The highest BCUT2D eigenvalue weighted by molar-refractivity contribution is 6.06. The molecule has 1 aromatic heterocycles. The third-order valence-corrected chi connectivity index (χ3v) is 4.97. The summed E-state index contributed by atoms with van der Waals surface area (Å²) in [5.41, 5.74) is 9.27. The van der Waals surface area contributed by atoms with E-state index >= 15 is 0 Å². The number of H-pyrrole nitrogens is 1. The SMILES string of the molecule is CC(C)(C)OC(=O)[C@H](CCCCN)NC(=O)c1nc[nH]c1C(=O)N[C@@H](CCCCN)C(=O)OC(C)(C)C.Cl.Cl. The predicted molar refractivity (Wildman–Crippen MR) is 153 cm³/mol.